The topological polar surface area (TPSA) is 35.5 Å². The van der Waals surface area contributed by atoms with Gasteiger partial charge in [-0.25, -0.2) is 0 Å². The fourth-order valence-corrected chi connectivity index (χ4v) is 0.440. The summed E-state index contributed by atoms with van der Waals surface area (Å²) in [5.41, 5.74) is 0. The zero-order valence-corrected chi connectivity index (χ0v) is 6.17. The minimum absolute atomic E-state index is 0.611. The molecule has 0 saturated carbocycles. The third-order valence-electron chi connectivity index (χ3n) is 0.744. The van der Waals surface area contributed by atoms with Gasteiger partial charge in [0.2, 0.25) is 0 Å². The molecule has 8 heavy (non-hydrogen) atoms. The molecule has 46 valence electrons. The summed E-state index contributed by atoms with van der Waals surface area (Å²) in [5.74, 6) is 0. The van der Waals surface area contributed by atoms with Crippen LogP contribution in [-0.2, 0) is 13.3 Å². The van der Waals surface area contributed by atoms with Gasteiger partial charge >= 0.3 is 20.0 Å². The summed E-state index contributed by atoms with van der Waals surface area (Å²) >= 11 is 0.611. The normalized spacial score (nSPS) is 18.4. The molecule has 0 atom stereocenters. The van der Waals surface area contributed by atoms with E-state index in [9.17, 15) is 0 Å². The van der Waals surface area contributed by atoms with E-state index in [1.807, 2.05) is 0 Å². The van der Waals surface area contributed by atoms with Crippen LogP contribution in [0.2, 0.25) is 0 Å². The van der Waals surface area contributed by atoms with Crippen molar-refractivity contribution in [2.45, 2.75) is 0 Å². The third-order valence-corrected chi connectivity index (χ3v) is 0.744. The Bertz CT molecular complexity index is 35.0. The Balaban J connectivity index is 0.000000222. The summed E-state index contributed by atoms with van der Waals surface area (Å²) in [6, 6.07) is 0. The van der Waals surface area contributed by atoms with Crippen molar-refractivity contribution in [2.75, 3.05) is 26.4 Å². The summed E-state index contributed by atoms with van der Waals surface area (Å²) < 4.78 is 18.2. The average Bonchev–Trinajstić information content (AvgIpc) is 1.96. The molecular formula is C4H9AlO3. The predicted molar refractivity (Wildman–Crippen MR) is 29.5 cm³/mol. The molecule has 0 radical (unpaired) electrons. The molecule has 0 amide bonds. The van der Waals surface area contributed by atoms with Gasteiger partial charge in [0.15, 0.2) is 0 Å². The van der Waals surface area contributed by atoms with E-state index < -0.39 is 0 Å². The Labute approximate surface area is 56.6 Å². The first-order chi connectivity index (χ1) is 4.00. The molecule has 0 aliphatic carbocycles. The van der Waals surface area contributed by atoms with E-state index in [2.05, 4.69) is 0 Å². The molecule has 1 heterocycles. The van der Waals surface area contributed by atoms with Crippen molar-refractivity contribution >= 4 is 16.2 Å². The van der Waals surface area contributed by atoms with E-state index in [0.29, 0.717) is 16.2 Å². The molecule has 1 rings (SSSR count). The van der Waals surface area contributed by atoms with Crippen molar-refractivity contribution in [3.8, 4) is 0 Å². The van der Waals surface area contributed by atoms with Crippen LogP contribution in [0.15, 0.2) is 0 Å². The molecule has 0 N–H and O–H groups in total. The van der Waals surface area contributed by atoms with Gasteiger partial charge in [-0.3, -0.25) is 0 Å². The third kappa shape index (κ3) is 4.41. The van der Waals surface area contributed by atoms with Gasteiger partial charge in [0.25, 0.3) is 0 Å². The molecule has 0 spiro atoms. The van der Waals surface area contributed by atoms with Gasteiger partial charge in [-0.15, -0.1) is 0 Å². The molecule has 1 aliphatic rings. The number of rotatable bonds is 0. The monoisotopic (exact) mass is 132 g/mol. The second-order valence-electron chi connectivity index (χ2n) is 1.22. The number of hydrogen-bond acceptors (Lipinski definition) is 3. The summed E-state index contributed by atoms with van der Waals surface area (Å²) in [7, 11) is 0. The van der Waals surface area contributed by atoms with Crippen LogP contribution in [0.5, 0.6) is 0 Å². The number of hydrogen-bond donors (Lipinski definition) is 0. The molecule has 0 aromatic heterocycles. The van der Waals surface area contributed by atoms with Crippen LogP contribution in [0.4, 0.5) is 0 Å². The maximum absolute atomic E-state index is 8.28. The average molecular weight is 132 g/mol. The van der Waals surface area contributed by atoms with Crippen LogP contribution in [0.3, 0.4) is 0 Å². The van der Waals surface area contributed by atoms with Crippen molar-refractivity contribution in [3.63, 3.8) is 0 Å². The van der Waals surface area contributed by atoms with Crippen LogP contribution in [0, 0.1) is 0 Å². The number of ether oxygens (including phenoxy) is 2. The second kappa shape index (κ2) is 7.25. The first kappa shape index (κ1) is 8.25. The maximum atomic E-state index is 8.28. The van der Waals surface area contributed by atoms with E-state index in [-0.39, 0.29) is 0 Å². The van der Waals surface area contributed by atoms with Crippen molar-refractivity contribution in [1.29, 1.82) is 0 Å². The van der Waals surface area contributed by atoms with Crippen molar-refractivity contribution in [1.82, 2.24) is 0 Å². The summed E-state index contributed by atoms with van der Waals surface area (Å²) in [6.07, 6.45) is 0. The Morgan fingerprint density at radius 3 is 1.25 bits per heavy atom. The molecule has 4 heteroatoms. The second-order valence-corrected chi connectivity index (χ2v) is 1.22. The quantitative estimate of drug-likeness (QED) is 0.407. The Morgan fingerprint density at radius 1 is 0.875 bits per heavy atom. The van der Waals surface area contributed by atoms with E-state index in [0.717, 1.165) is 26.4 Å². The summed E-state index contributed by atoms with van der Waals surface area (Å²) in [4.78, 5) is 0. The van der Waals surface area contributed by atoms with Crippen LogP contribution in [0.25, 0.3) is 0 Å². The Hall–Kier alpha value is 0.252. The van der Waals surface area contributed by atoms with E-state index in [4.69, 9.17) is 13.3 Å². The van der Waals surface area contributed by atoms with Crippen molar-refractivity contribution in [2.24, 2.45) is 0 Å². The van der Waals surface area contributed by atoms with Gasteiger partial charge in [-0.2, -0.15) is 0 Å². The molecule has 0 aromatic rings. The van der Waals surface area contributed by atoms with E-state index >= 15 is 0 Å². The molecule has 0 aromatic carbocycles. The molecular weight excluding hydrogens is 123 g/mol. The molecule has 0 unspecified atom stereocenters. The molecule has 1 fully saturated rings. The predicted octanol–water partition coefficient (Wildman–Crippen LogP) is -0.734. The van der Waals surface area contributed by atoms with Gasteiger partial charge in [0.1, 0.15) is 0 Å². The molecule has 1 aliphatic heterocycles. The Kier molecular flexibility index (Phi) is 7.48. The first-order valence-corrected chi connectivity index (χ1v) is 3.02. The first-order valence-electron chi connectivity index (χ1n) is 2.44. The van der Waals surface area contributed by atoms with Crippen molar-refractivity contribution < 1.29 is 13.3 Å². The van der Waals surface area contributed by atoms with Crippen LogP contribution in [0.1, 0.15) is 0 Å². The van der Waals surface area contributed by atoms with Crippen LogP contribution in [-0.4, -0.2) is 42.7 Å². The van der Waals surface area contributed by atoms with Gasteiger partial charge in [0, 0.05) is 0 Å². The van der Waals surface area contributed by atoms with Gasteiger partial charge in [0.05, 0.1) is 26.4 Å². The fourth-order valence-electron chi connectivity index (χ4n) is 0.440. The van der Waals surface area contributed by atoms with Crippen LogP contribution >= 0.6 is 0 Å². The zero-order valence-electron chi connectivity index (χ0n) is 4.76. The standard InChI is InChI=1S/C4H8O2.Al.O.H/c1-2-6-4-3-5-1;;;/h1-4H2;;;. The molecule has 0 bridgehead atoms. The molecule has 3 nitrogen and oxygen atoms in total. The summed E-state index contributed by atoms with van der Waals surface area (Å²) in [5, 5.41) is 0. The van der Waals surface area contributed by atoms with Gasteiger partial charge in [-0.05, 0) is 0 Å². The minimum atomic E-state index is 0.611. The van der Waals surface area contributed by atoms with Gasteiger partial charge in [-0.1, -0.05) is 0 Å². The van der Waals surface area contributed by atoms with Gasteiger partial charge < -0.3 is 9.47 Å². The Morgan fingerprint density at radius 2 is 1.12 bits per heavy atom. The SMILES string of the molecule is C1COCCO1.[O]=[AlH]. The van der Waals surface area contributed by atoms with E-state index in [1.165, 1.54) is 0 Å². The van der Waals surface area contributed by atoms with Crippen molar-refractivity contribution in [3.05, 3.63) is 0 Å². The fraction of sp³-hybridized carbons (Fsp3) is 1.00. The zero-order chi connectivity index (χ0) is 6.24. The van der Waals surface area contributed by atoms with E-state index in [1.54, 1.807) is 0 Å². The summed E-state index contributed by atoms with van der Waals surface area (Å²) in [6.45, 7) is 3.11. The molecule has 1 saturated heterocycles. The van der Waals surface area contributed by atoms with Crippen LogP contribution < -0.4 is 0 Å².